The molecule has 2 aliphatic rings. The second kappa shape index (κ2) is 11.0. The van der Waals surface area contributed by atoms with Crippen LogP contribution in [0, 0.1) is 11.8 Å². The van der Waals surface area contributed by atoms with Gasteiger partial charge in [-0.2, -0.15) is 0 Å². The van der Waals surface area contributed by atoms with E-state index in [0.717, 1.165) is 85.1 Å². The van der Waals surface area contributed by atoms with E-state index in [1.807, 2.05) is 62.6 Å². The predicted molar refractivity (Wildman–Crippen MR) is 146 cm³/mol. The Morgan fingerprint density at radius 2 is 1.03 bits per heavy atom. The summed E-state index contributed by atoms with van der Waals surface area (Å²) in [6.07, 6.45) is 7.60. The van der Waals surface area contributed by atoms with Crippen LogP contribution in [0.15, 0.2) is 48.5 Å². The molecule has 0 unspecified atom stereocenters. The quantitative estimate of drug-likeness (QED) is 0.351. The van der Waals surface area contributed by atoms with Crippen molar-refractivity contribution in [1.29, 1.82) is 0 Å². The molecule has 2 aliphatic carbocycles. The van der Waals surface area contributed by atoms with Crippen LogP contribution in [0.25, 0.3) is 22.1 Å². The number of carbonyl (C=O) groups is 2. The number of carboxylic acid groups (broad SMARTS) is 2. The number of rotatable bonds is 4. The lowest BCUT2D eigenvalue weighted by Gasteiger charge is -2.27. The molecule has 0 amide bonds. The van der Waals surface area contributed by atoms with Crippen LogP contribution in [0.3, 0.4) is 0 Å². The number of hydrogen-bond donors (Lipinski definition) is 2. The maximum Gasteiger partial charge on any atom is 0.307 e. The predicted octanol–water partition coefficient (Wildman–Crippen LogP) is 5.86. The topological polar surface area (TPSA) is 110 Å². The van der Waals surface area contributed by atoms with E-state index in [1.165, 1.54) is 0 Å². The SMILES string of the molecule is Cn1c([C@@H]2CCCC[C@H]2C(=O)O)nc2ccccc21.Cn1c([C@H]2CCCC[C@@H]2C(=O)O)nc2ccccc21. The summed E-state index contributed by atoms with van der Waals surface area (Å²) in [7, 11) is 3.97. The molecule has 0 saturated heterocycles. The number of benzene rings is 2. The number of aryl methyl sites for hydroxylation is 2. The van der Waals surface area contributed by atoms with Gasteiger partial charge in [-0.05, 0) is 49.9 Å². The van der Waals surface area contributed by atoms with Gasteiger partial charge in [0, 0.05) is 25.9 Å². The maximum atomic E-state index is 11.4. The molecule has 2 heterocycles. The number of para-hydroxylation sites is 4. The minimum atomic E-state index is -0.684. The smallest absolute Gasteiger partial charge is 0.307 e. The monoisotopic (exact) mass is 516 g/mol. The third-order valence-electron chi connectivity index (χ3n) is 8.47. The molecule has 0 bridgehead atoms. The van der Waals surface area contributed by atoms with Crippen molar-refractivity contribution in [2.75, 3.05) is 0 Å². The largest absolute Gasteiger partial charge is 0.481 e. The Kier molecular flexibility index (Phi) is 7.49. The zero-order valence-corrected chi connectivity index (χ0v) is 22.1. The van der Waals surface area contributed by atoms with Crippen LogP contribution in [0.5, 0.6) is 0 Å². The van der Waals surface area contributed by atoms with E-state index in [2.05, 4.69) is 19.1 Å². The van der Waals surface area contributed by atoms with Gasteiger partial charge in [0.25, 0.3) is 0 Å². The normalized spacial score (nSPS) is 23.6. The number of aromatic nitrogens is 4. The van der Waals surface area contributed by atoms with Crippen LogP contribution < -0.4 is 0 Å². The molecule has 2 aromatic carbocycles. The highest BCUT2D eigenvalue weighted by molar-refractivity contribution is 5.78. The highest BCUT2D eigenvalue weighted by Crippen LogP contribution is 2.39. The number of hydrogen-bond acceptors (Lipinski definition) is 4. The summed E-state index contributed by atoms with van der Waals surface area (Å²) < 4.78 is 4.11. The van der Waals surface area contributed by atoms with Crippen LogP contribution in [0.1, 0.15) is 74.9 Å². The Bertz CT molecular complexity index is 1350. The molecule has 38 heavy (non-hydrogen) atoms. The third-order valence-corrected chi connectivity index (χ3v) is 8.47. The van der Waals surface area contributed by atoms with Crippen molar-refractivity contribution >= 4 is 34.0 Å². The van der Waals surface area contributed by atoms with Gasteiger partial charge in [-0.3, -0.25) is 9.59 Å². The summed E-state index contributed by atoms with van der Waals surface area (Å²) in [6, 6.07) is 15.9. The summed E-state index contributed by atoms with van der Waals surface area (Å²) in [6.45, 7) is 0. The lowest BCUT2D eigenvalue weighted by Crippen LogP contribution is -2.27. The van der Waals surface area contributed by atoms with Gasteiger partial charge in [0.1, 0.15) is 11.6 Å². The molecule has 6 rings (SSSR count). The molecule has 0 aliphatic heterocycles. The van der Waals surface area contributed by atoms with E-state index < -0.39 is 11.9 Å². The zero-order valence-electron chi connectivity index (χ0n) is 22.1. The molecule has 8 heteroatoms. The van der Waals surface area contributed by atoms with E-state index in [0.29, 0.717) is 0 Å². The first kappa shape index (κ1) is 25.9. The number of imidazole rings is 2. The molecule has 2 aromatic heterocycles. The second-order valence-electron chi connectivity index (χ2n) is 10.7. The van der Waals surface area contributed by atoms with E-state index in [-0.39, 0.29) is 23.7 Å². The average molecular weight is 517 g/mol. The van der Waals surface area contributed by atoms with E-state index in [4.69, 9.17) is 0 Å². The third kappa shape index (κ3) is 4.91. The molecule has 0 spiro atoms. The van der Waals surface area contributed by atoms with Crippen LogP contribution in [0.2, 0.25) is 0 Å². The van der Waals surface area contributed by atoms with Crippen LogP contribution in [0.4, 0.5) is 0 Å². The van der Waals surface area contributed by atoms with Gasteiger partial charge in [0.2, 0.25) is 0 Å². The highest BCUT2D eigenvalue weighted by Gasteiger charge is 2.35. The summed E-state index contributed by atoms with van der Waals surface area (Å²) in [5.74, 6) is -0.00376. The van der Waals surface area contributed by atoms with Gasteiger partial charge in [-0.25, -0.2) is 9.97 Å². The van der Waals surface area contributed by atoms with Gasteiger partial charge in [0.15, 0.2) is 0 Å². The number of carboxylic acids is 2. The molecule has 2 N–H and O–H groups in total. The fraction of sp³-hybridized carbons (Fsp3) is 0.467. The second-order valence-corrected chi connectivity index (χ2v) is 10.7. The highest BCUT2D eigenvalue weighted by atomic mass is 16.4. The Balaban J connectivity index is 0.000000155. The Labute approximate surface area is 222 Å². The average Bonchev–Trinajstić information content (AvgIpc) is 3.46. The Hall–Kier alpha value is -3.68. The molecular formula is C30H36N4O4. The van der Waals surface area contributed by atoms with Crippen LogP contribution >= 0.6 is 0 Å². The minimum Gasteiger partial charge on any atom is -0.481 e. The van der Waals surface area contributed by atoms with Gasteiger partial charge in [-0.15, -0.1) is 0 Å². The molecular weight excluding hydrogens is 480 g/mol. The van der Waals surface area contributed by atoms with Crippen molar-refractivity contribution < 1.29 is 19.8 Å². The number of aliphatic carboxylic acids is 2. The molecule has 2 saturated carbocycles. The lowest BCUT2D eigenvalue weighted by atomic mass is 9.79. The van der Waals surface area contributed by atoms with Crippen LogP contribution in [-0.2, 0) is 23.7 Å². The van der Waals surface area contributed by atoms with Crippen molar-refractivity contribution in [3.8, 4) is 0 Å². The summed E-state index contributed by atoms with van der Waals surface area (Å²) >= 11 is 0. The number of nitrogens with zero attached hydrogens (tertiary/aromatic N) is 4. The minimum absolute atomic E-state index is 0.0450. The Morgan fingerprint density at radius 3 is 1.39 bits per heavy atom. The first-order valence-electron chi connectivity index (χ1n) is 13.6. The summed E-state index contributed by atoms with van der Waals surface area (Å²) in [5, 5.41) is 18.8. The van der Waals surface area contributed by atoms with E-state index in [9.17, 15) is 19.8 Å². The molecule has 8 nitrogen and oxygen atoms in total. The first-order chi connectivity index (χ1) is 18.4. The molecule has 0 radical (unpaired) electrons. The molecule has 200 valence electrons. The van der Waals surface area contributed by atoms with Crippen LogP contribution in [-0.4, -0.2) is 41.3 Å². The zero-order chi connectivity index (χ0) is 26.8. The number of fused-ring (bicyclic) bond motifs is 2. The van der Waals surface area contributed by atoms with E-state index >= 15 is 0 Å². The van der Waals surface area contributed by atoms with Crippen molar-refractivity contribution in [3.63, 3.8) is 0 Å². The lowest BCUT2D eigenvalue weighted by molar-refractivity contribution is -0.144. The standard InChI is InChI=1S/2C15H18N2O2/c2*1-17-13-9-5-4-8-12(13)16-14(17)10-6-2-3-7-11(10)15(18)19/h2*4-5,8-11H,2-3,6-7H2,1H3,(H,18,19)/t2*10-,11-/m10/s1. The van der Waals surface area contributed by atoms with Crippen molar-refractivity contribution in [2.24, 2.45) is 25.9 Å². The van der Waals surface area contributed by atoms with Gasteiger partial charge in [-0.1, -0.05) is 49.9 Å². The fourth-order valence-electron chi connectivity index (χ4n) is 6.46. The van der Waals surface area contributed by atoms with Crippen molar-refractivity contribution in [2.45, 2.75) is 63.2 Å². The van der Waals surface area contributed by atoms with Crippen molar-refractivity contribution in [3.05, 3.63) is 60.2 Å². The Morgan fingerprint density at radius 1 is 0.658 bits per heavy atom. The molecule has 4 atom stereocenters. The fourth-order valence-corrected chi connectivity index (χ4v) is 6.46. The molecule has 2 fully saturated rings. The first-order valence-corrected chi connectivity index (χ1v) is 13.6. The van der Waals surface area contributed by atoms with Gasteiger partial charge in [0.05, 0.1) is 33.9 Å². The van der Waals surface area contributed by atoms with Crippen molar-refractivity contribution in [1.82, 2.24) is 19.1 Å². The summed E-state index contributed by atoms with van der Waals surface area (Å²) in [5.41, 5.74) is 4.06. The van der Waals surface area contributed by atoms with Gasteiger partial charge < -0.3 is 19.3 Å². The maximum absolute atomic E-state index is 11.4. The van der Waals surface area contributed by atoms with E-state index in [1.54, 1.807) is 0 Å². The molecule has 4 aromatic rings. The van der Waals surface area contributed by atoms with Gasteiger partial charge >= 0.3 is 11.9 Å². The summed E-state index contributed by atoms with van der Waals surface area (Å²) in [4.78, 5) is 32.2.